The number of likely N-dealkylation sites (N-methyl/N-ethyl adjacent to an activating group) is 1. The van der Waals surface area contributed by atoms with Crippen LogP contribution in [0.2, 0.25) is 0 Å². The smallest absolute Gasteiger partial charge is 0.306 e. The minimum atomic E-state index is -1.62. The maximum absolute atomic E-state index is 12.9. The first-order valence-electron chi connectivity index (χ1n) is 36.5. The predicted octanol–water partition coefficient (Wildman–Crippen LogP) is 21.3. The summed E-state index contributed by atoms with van der Waals surface area (Å²) < 4.78 is 22.8. The van der Waals surface area contributed by atoms with Gasteiger partial charge in [0.15, 0.2) is 12.4 Å². The number of carboxylic acids is 1. The molecule has 0 aromatic carbocycles. The van der Waals surface area contributed by atoms with E-state index >= 15 is 0 Å². The molecule has 0 bridgehead atoms. The van der Waals surface area contributed by atoms with Gasteiger partial charge < -0.3 is 33.3 Å². The van der Waals surface area contributed by atoms with Gasteiger partial charge in [0.25, 0.3) is 0 Å². The Morgan fingerprint density at radius 3 is 0.892 bits per heavy atom. The Hall–Kier alpha value is -2.23. The molecule has 0 aromatic rings. The molecule has 0 aliphatic heterocycles. The van der Waals surface area contributed by atoms with Gasteiger partial charge in [0, 0.05) is 12.8 Å². The number of hydrogen-bond donors (Lipinski definition) is 0. The van der Waals surface area contributed by atoms with E-state index in [2.05, 4.69) is 38.2 Å². The van der Waals surface area contributed by atoms with Crippen LogP contribution in [0.5, 0.6) is 0 Å². The second kappa shape index (κ2) is 65.7. The van der Waals surface area contributed by atoms with Crippen molar-refractivity contribution in [2.45, 2.75) is 386 Å². The summed E-state index contributed by atoms with van der Waals surface area (Å²) in [5.74, 6) is -2.26. The fourth-order valence-corrected chi connectivity index (χ4v) is 11.1. The van der Waals surface area contributed by atoms with Crippen molar-refractivity contribution in [3.8, 4) is 0 Å². The first kappa shape index (κ1) is 80.8. The number of carboxylic acid groups (broad SMARTS) is 1. The number of carbonyl (C=O) groups excluding carboxylic acids is 3. The first-order valence-corrected chi connectivity index (χ1v) is 36.5. The van der Waals surface area contributed by atoms with Crippen LogP contribution in [0.25, 0.3) is 0 Å². The van der Waals surface area contributed by atoms with Gasteiger partial charge in [0.2, 0.25) is 0 Å². The third kappa shape index (κ3) is 67.1. The van der Waals surface area contributed by atoms with E-state index in [0.717, 1.165) is 38.5 Å². The average molecular weight is 1170 g/mol. The van der Waals surface area contributed by atoms with Gasteiger partial charge in [-0.25, -0.2) is 0 Å². The second-order valence-corrected chi connectivity index (χ2v) is 26.2. The van der Waals surface area contributed by atoms with Crippen molar-refractivity contribution in [3.63, 3.8) is 0 Å². The quantitative estimate of drug-likeness (QED) is 0.0195. The van der Waals surface area contributed by atoms with Crippen molar-refractivity contribution in [1.29, 1.82) is 0 Å². The van der Waals surface area contributed by atoms with E-state index in [1.165, 1.54) is 308 Å². The normalized spacial score (nSPS) is 12.7. The highest BCUT2D eigenvalue weighted by molar-refractivity contribution is 5.70. The maximum Gasteiger partial charge on any atom is 0.306 e. The number of hydrogen-bond acceptors (Lipinski definition) is 8. The number of rotatable bonds is 69. The number of ether oxygens (including phenoxy) is 4. The van der Waals surface area contributed by atoms with Crippen molar-refractivity contribution in [3.05, 3.63) is 24.3 Å². The van der Waals surface area contributed by atoms with Crippen molar-refractivity contribution in [2.24, 2.45) is 0 Å². The molecule has 0 radical (unpaired) electrons. The van der Waals surface area contributed by atoms with Crippen LogP contribution < -0.4 is 5.11 Å². The molecule has 9 nitrogen and oxygen atoms in total. The number of allylic oxidation sites excluding steroid dienone is 4. The molecule has 0 fully saturated rings. The minimum absolute atomic E-state index is 0.151. The molecule has 0 spiro atoms. The highest BCUT2D eigenvalue weighted by Gasteiger charge is 2.22. The Kier molecular flexibility index (Phi) is 64.0. The van der Waals surface area contributed by atoms with E-state index in [4.69, 9.17) is 18.9 Å². The Morgan fingerprint density at radius 2 is 0.614 bits per heavy atom. The highest BCUT2D eigenvalue weighted by Crippen LogP contribution is 2.19. The first-order chi connectivity index (χ1) is 40.6. The van der Waals surface area contributed by atoms with Crippen LogP contribution in [0.15, 0.2) is 24.3 Å². The van der Waals surface area contributed by atoms with Gasteiger partial charge in [0.1, 0.15) is 13.2 Å². The Morgan fingerprint density at radius 1 is 0.349 bits per heavy atom. The van der Waals surface area contributed by atoms with Crippen LogP contribution in [0.4, 0.5) is 0 Å². The molecular formula is C74H141NO8. The lowest BCUT2D eigenvalue weighted by atomic mass is 10.0. The summed E-state index contributed by atoms with van der Waals surface area (Å²) in [5, 5.41) is 11.8. The summed E-state index contributed by atoms with van der Waals surface area (Å²) in [7, 11) is 5.94. The zero-order chi connectivity index (χ0) is 60.5. The Balaban J connectivity index is 3.98. The summed E-state index contributed by atoms with van der Waals surface area (Å²) in [4.78, 5) is 37.5. The topological polar surface area (TPSA) is 111 Å². The lowest BCUT2D eigenvalue weighted by Crippen LogP contribution is -2.44. The van der Waals surface area contributed by atoms with Crippen LogP contribution in [-0.2, 0) is 33.3 Å². The number of quaternary nitrogens is 1. The number of esters is 2. The molecule has 2 unspecified atom stereocenters. The van der Waals surface area contributed by atoms with E-state index < -0.39 is 24.3 Å². The standard InChI is InChI=1S/C74H141NO8/c1-6-8-10-12-14-16-18-20-22-24-26-28-29-30-31-32-33-34-35-36-37-38-39-40-41-42-43-45-47-49-51-53-55-57-59-61-63-65-72(77)83-70(69-82-74(73(78)79)80-67-66-75(3,4)5)68-81-71(76)64-62-60-58-56-54-52-50-48-46-44-27-25-23-21-19-17-15-13-11-9-7-2/h24-27,70,74H,6-23,28-69H2,1-5H3/b26-24-,27-25-. The number of carbonyl (C=O) groups is 3. The molecule has 0 rings (SSSR count). The van der Waals surface area contributed by atoms with Crippen molar-refractivity contribution in [2.75, 3.05) is 47.5 Å². The molecule has 0 amide bonds. The van der Waals surface area contributed by atoms with E-state index in [9.17, 15) is 19.5 Å². The zero-order valence-corrected chi connectivity index (χ0v) is 56.1. The van der Waals surface area contributed by atoms with Crippen molar-refractivity contribution >= 4 is 17.9 Å². The lowest BCUT2D eigenvalue weighted by Gasteiger charge is -2.26. The molecule has 0 saturated heterocycles. The van der Waals surface area contributed by atoms with Gasteiger partial charge >= 0.3 is 11.9 Å². The summed E-state index contributed by atoms with van der Waals surface area (Å²) in [6, 6.07) is 0. The Labute approximate surface area is 516 Å². The summed E-state index contributed by atoms with van der Waals surface area (Å²) in [5.41, 5.74) is 0. The van der Waals surface area contributed by atoms with Crippen LogP contribution >= 0.6 is 0 Å². The Bertz CT molecular complexity index is 1410. The van der Waals surface area contributed by atoms with Crippen molar-refractivity contribution in [1.82, 2.24) is 0 Å². The van der Waals surface area contributed by atoms with Gasteiger partial charge in [0.05, 0.1) is 40.3 Å². The minimum Gasteiger partial charge on any atom is -0.545 e. The van der Waals surface area contributed by atoms with Crippen molar-refractivity contribution < 1.29 is 42.9 Å². The van der Waals surface area contributed by atoms with Gasteiger partial charge in [-0.05, 0) is 64.2 Å². The molecule has 0 saturated carbocycles. The van der Waals surface area contributed by atoms with Gasteiger partial charge in [-0.2, -0.15) is 0 Å². The monoisotopic (exact) mass is 1170 g/mol. The molecule has 0 aliphatic carbocycles. The molecule has 0 aromatic heterocycles. The highest BCUT2D eigenvalue weighted by atomic mass is 16.7. The summed E-state index contributed by atoms with van der Waals surface area (Å²) in [6.07, 6.45) is 78.6. The molecule has 2 atom stereocenters. The third-order valence-electron chi connectivity index (χ3n) is 16.7. The van der Waals surface area contributed by atoms with Crippen LogP contribution in [0.1, 0.15) is 373 Å². The zero-order valence-electron chi connectivity index (χ0n) is 56.1. The summed E-state index contributed by atoms with van der Waals surface area (Å²) >= 11 is 0. The van der Waals surface area contributed by atoms with Crippen LogP contribution in [0, 0.1) is 0 Å². The van der Waals surface area contributed by atoms with Crippen LogP contribution in [0.3, 0.4) is 0 Å². The molecule has 0 heterocycles. The molecule has 83 heavy (non-hydrogen) atoms. The number of unbranched alkanes of at least 4 members (excludes halogenated alkanes) is 50. The molecule has 0 N–H and O–H groups in total. The van der Waals surface area contributed by atoms with Gasteiger partial charge in [-0.3, -0.25) is 9.59 Å². The van der Waals surface area contributed by atoms with E-state index in [1.54, 1.807) is 0 Å². The largest absolute Gasteiger partial charge is 0.545 e. The maximum atomic E-state index is 12.9. The van der Waals surface area contributed by atoms with Gasteiger partial charge in [-0.1, -0.05) is 321 Å². The second-order valence-electron chi connectivity index (χ2n) is 26.2. The average Bonchev–Trinajstić information content (AvgIpc) is 3.46. The van der Waals surface area contributed by atoms with Crippen LogP contribution in [-0.4, -0.2) is 82.3 Å². The molecule has 9 heteroatoms. The number of aliphatic carboxylic acids is 1. The summed E-state index contributed by atoms with van der Waals surface area (Å²) in [6.45, 7) is 4.81. The fourth-order valence-electron chi connectivity index (χ4n) is 11.1. The molecular weight excluding hydrogens is 1030 g/mol. The van der Waals surface area contributed by atoms with E-state index in [1.807, 2.05) is 21.1 Å². The fraction of sp³-hybridized carbons (Fsp3) is 0.905. The SMILES string of the molecule is CCCCCCCCCC/C=C\CCCCCCCCCCCCCCCCCCCCCCCCCCCC(=O)OC(COC(=O)CCCCCCCCCCC/C=C\CCCCCCCCCC)COC(OCC[N+](C)(C)C)C(=O)[O-]. The third-order valence-corrected chi connectivity index (χ3v) is 16.7. The van der Waals surface area contributed by atoms with E-state index in [-0.39, 0.29) is 32.2 Å². The lowest BCUT2D eigenvalue weighted by molar-refractivity contribution is -0.870. The van der Waals surface area contributed by atoms with Gasteiger partial charge in [-0.15, -0.1) is 0 Å². The number of nitrogens with zero attached hydrogens (tertiary/aromatic N) is 1. The molecule has 490 valence electrons. The molecule has 0 aliphatic rings. The van der Waals surface area contributed by atoms with E-state index in [0.29, 0.717) is 17.4 Å². The predicted molar refractivity (Wildman–Crippen MR) is 353 cm³/mol.